The van der Waals surface area contributed by atoms with Crippen LogP contribution < -0.4 is 4.90 Å². The summed E-state index contributed by atoms with van der Waals surface area (Å²) in [5.41, 5.74) is 3.31. The fourth-order valence-electron chi connectivity index (χ4n) is 4.47. The van der Waals surface area contributed by atoms with Crippen molar-refractivity contribution in [1.29, 1.82) is 5.26 Å². The van der Waals surface area contributed by atoms with Crippen molar-refractivity contribution >= 4 is 33.5 Å². The molecule has 0 N–H and O–H groups in total. The highest BCUT2D eigenvalue weighted by Crippen LogP contribution is 2.52. The number of hydrogen-bond acceptors (Lipinski definition) is 7. The van der Waals surface area contributed by atoms with Crippen LogP contribution in [0.25, 0.3) is 11.3 Å². The number of fused-ring (bicyclic) bond motifs is 2. The number of nitrogens with zero attached hydrogens (tertiary/aromatic N) is 3. The quantitative estimate of drug-likeness (QED) is 0.236. The number of aliphatic imine (C=N–C) groups is 1. The van der Waals surface area contributed by atoms with Crippen molar-refractivity contribution < 1.29 is 13.9 Å². The monoisotopic (exact) mass is 459 g/mol. The number of hydrogen-bond donors (Lipinski definition) is 0. The third kappa shape index (κ3) is 4.19. The van der Waals surface area contributed by atoms with Crippen LogP contribution in [-0.2, 0) is 4.74 Å². The number of benzene rings is 1. The second-order valence-corrected chi connectivity index (χ2v) is 9.38. The van der Waals surface area contributed by atoms with Crippen LogP contribution in [0.4, 0.5) is 10.0 Å². The molecule has 3 aliphatic rings. The van der Waals surface area contributed by atoms with Gasteiger partial charge in [-0.1, -0.05) is 36.8 Å². The smallest absolute Gasteiger partial charge is 0.338 e. The lowest BCUT2D eigenvalue weighted by Crippen LogP contribution is -2.37. The molecule has 6 rings (SSSR count). The van der Waals surface area contributed by atoms with Crippen molar-refractivity contribution in [3.05, 3.63) is 58.8 Å². The predicted molar refractivity (Wildman–Crippen MR) is 130 cm³/mol. The number of thiophene rings is 1. The van der Waals surface area contributed by atoms with Crippen LogP contribution >= 0.6 is 11.3 Å². The van der Waals surface area contributed by atoms with E-state index in [4.69, 9.17) is 9.15 Å². The molecule has 1 fully saturated rings. The van der Waals surface area contributed by atoms with Gasteiger partial charge >= 0.3 is 5.97 Å². The predicted octanol–water partition coefficient (Wildman–Crippen LogP) is 6.28. The molecule has 0 amide bonds. The molecule has 168 valence electrons. The summed E-state index contributed by atoms with van der Waals surface area (Å²) in [5, 5.41) is 11.7. The number of rotatable bonds is 7. The van der Waals surface area contributed by atoms with Crippen LogP contribution in [-0.4, -0.2) is 31.9 Å². The minimum atomic E-state index is -0.307. The summed E-state index contributed by atoms with van der Waals surface area (Å²) in [6, 6.07) is 13.3. The average Bonchev–Trinajstić information content (AvgIpc) is 3.49. The van der Waals surface area contributed by atoms with Gasteiger partial charge in [-0.05, 0) is 49.4 Å². The van der Waals surface area contributed by atoms with Gasteiger partial charge in [0.25, 0.3) is 0 Å². The van der Waals surface area contributed by atoms with E-state index in [0.717, 1.165) is 49.3 Å². The number of ether oxygens (including phenoxy) is 1. The Hall–Kier alpha value is -3.37. The van der Waals surface area contributed by atoms with Gasteiger partial charge in [-0.25, -0.2) is 9.79 Å². The summed E-state index contributed by atoms with van der Waals surface area (Å²) in [5.74, 6) is 1.49. The molecule has 33 heavy (non-hydrogen) atoms. The molecule has 1 aromatic carbocycles. The van der Waals surface area contributed by atoms with E-state index in [1.54, 1.807) is 29.7 Å². The van der Waals surface area contributed by atoms with Crippen LogP contribution in [0.1, 0.15) is 65.8 Å². The summed E-state index contributed by atoms with van der Waals surface area (Å²) in [6.45, 7) is 4.65. The van der Waals surface area contributed by atoms with Gasteiger partial charge < -0.3 is 14.1 Å². The lowest BCUT2D eigenvalue weighted by molar-refractivity contribution is 0.0499. The molecule has 3 aromatic rings. The molecule has 1 saturated heterocycles. The second-order valence-electron chi connectivity index (χ2n) is 8.40. The number of nitriles is 1. The van der Waals surface area contributed by atoms with Crippen molar-refractivity contribution in [2.75, 3.05) is 24.6 Å². The zero-order valence-corrected chi connectivity index (χ0v) is 19.4. The van der Waals surface area contributed by atoms with E-state index < -0.39 is 0 Å². The number of unbranched alkanes of at least 4 members (excludes halogenated alkanes) is 1. The Balaban J connectivity index is 1.31. The molecule has 3 aliphatic heterocycles. The maximum atomic E-state index is 12.1. The number of anilines is 1. The van der Waals surface area contributed by atoms with E-state index in [1.165, 1.54) is 10.6 Å². The highest BCUT2D eigenvalue weighted by molar-refractivity contribution is 7.20. The van der Waals surface area contributed by atoms with E-state index >= 15 is 0 Å². The van der Waals surface area contributed by atoms with E-state index in [2.05, 4.69) is 22.9 Å². The molecular formula is C26H25N3O3S. The van der Waals surface area contributed by atoms with Gasteiger partial charge in [-0.15, -0.1) is 0 Å². The summed E-state index contributed by atoms with van der Waals surface area (Å²) in [4.78, 5) is 19.1. The van der Waals surface area contributed by atoms with E-state index in [9.17, 15) is 10.1 Å². The van der Waals surface area contributed by atoms with Crippen molar-refractivity contribution in [3.63, 3.8) is 0 Å². The van der Waals surface area contributed by atoms with Gasteiger partial charge in [0.05, 0.1) is 28.9 Å². The summed E-state index contributed by atoms with van der Waals surface area (Å²) in [7, 11) is 0. The van der Waals surface area contributed by atoms with Gasteiger partial charge in [0, 0.05) is 24.2 Å². The van der Waals surface area contributed by atoms with Crippen molar-refractivity contribution in [2.45, 2.75) is 38.5 Å². The average molecular weight is 460 g/mol. The first-order valence-electron chi connectivity index (χ1n) is 11.4. The molecule has 0 spiro atoms. The van der Waals surface area contributed by atoms with Crippen LogP contribution in [0.15, 0.2) is 45.8 Å². The zero-order chi connectivity index (χ0) is 22.8. The number of carbonyl (C=O) groups excluding carboxylic acids is 1. The van der Waals surface area contributed by atoms with E-state index in [0.29, 0.717) is 35.2 Å². The maximum Gasteiger partial charge on any atom is 0.338 e. The fourth-order valence-corrected chi connectivity index (χ4v) is 5.70. The van der Waals surface area contributed by atoms with Crippen LogP contribution in [0, 0.1) is 11.3 Å². The van der Waals surface area contributed by atoms with E-state index in [1.807, 2.05) is 24.3 Å². The molecule has 0 atom stereocenters. The molecule has 5 heterocycles. The minimum absolute atomic E-state index is 0.307. The first kappa shape index (κ1) is 21.5. The molecule has 2 aromatic heterocycles. The largest absolute Gasteiger partial charge is 0.462 e. The van der Waals surface area contributed by atoms with Crippen molar-refractivity contribution in [1.82, 2.24) is 0 Å². The summed E-state index contributed by atoms with van der Waals surface area (Å²) in [6.07, 6.45) is 5.78. The Morgan fingerprint density at radius 1 is 1.27 bits per heavy atom. The van der Waals surface area contributed by atoms with Crippen LogP contribution in [0.2, 0.25) is 0 Å². The Morgan fingerprint density at radius 3 is 2.79 bits per heavy atom. The lowest BCUT2D eigenvalue weighted by Gasteiger charge is -2.39. The highest BCUT2D eigenvalue weighted by Gasteiger charge is 2.36. The number of carbonyl (C=O) groups is 1. The van der Waals surface area contributed by atoms with Gasteiger partial charge in [-0.3, -0.25) is 0 Å². The molecule has 2 bridgehead atoms. The standard InChI is InChI=1S/C26H25N3O3S/c1-2-3-14-31-26(30)19-6-4-17(5-7-19)22-9-8-20(32-22)16-28-24-21(15-27)23-18-10-12-29(13-11-18)25(23)33-24/h4-9,16,18H,2-3,10-14H2,1H3/b28-16+. The summed E-state index contributed by atoms with van der Waals surface area (Å²) < 4.78 is 11.2. The SMILES string of the molecule is CCCCOC(=O)c1ccc(-c2ccc(/C=N/c3sc4c(c3C#N)C3CCN4CC3)o2)cc1. The lowest BCUT2D eigenvalue weighted by atomic mass is 9.84. The Labute approximate surface area is 197 Å². The maximum absolute atomic E-state index is 12.1. The van der Waals surface area contributed by atoms with Gasteiger partial charge in [0.2, 0.25) is 0 Å². The Morgan fingerprint density at radius 2 is 2.06 bits per heavy atom. The third-order valence-corrected chi connectivity index (χ3v) is 7.46. The third-order valence-electron chi connectivity index (χ3n) is 6.28. The molecule has 7 heteroatoms. The zero-order valence-electron chi connectivity index (χ0n) is 18.5. The van der Waals surface area contributed by atoms with Gasteiger partial charge in [0.1, 0.15) is 22.6 Å². The number of piperidine rings is 1. The molecule has 0 saturated carbocycles. The fraction of sp³-hybridized carbons (Fsp3) is 0.346. The van der Waals surface area contributed by atoms with Crippen LogP contribution in [0.5, 0.6) is 0 Å². The molecule has 0 radical (unpaired) electrons. The Kier molecular flexibility index (Phi) is 6.01. The molecule has 6 nitrogen and oxygen atoms in total. The summed E-state index contributed by atoms with van der Waals surface area (Å²) >= 11 is 1.60. The highest BCUT2D eigenvalue weighted by atomic mass is 32.1. The van der Waals surface area contributed by atoms with Gasteiger partial charge in [0.15, 0.2) is 0 Å². The molecular weight excluding hydrogens is 434 g/mol. The van der Waals surface area contributed by atoms with Crippen molar-refractivity contribution in [2.24, 2.45) is 4.99 Å². The van der Waals surface area contributed by atoms with Crippen molar-refractivity contribution in [3.8, 4) is 17.4 Å². The van der Waals surface area contributed by atoms with Gasteiger partial charge in [-0.2, -0.15) is 5.26 Å². The number of esters is 1. The molecule has 0 aliphatic carbocycles. The topological polar surface area (TPSA) is 78.8 Å². The first-order valence-corrected chi connectivity index (χ1v) is 12.2. The normalized spacial score (nSPS) is 15.1. The number of furan rings is 1. The minimum Gasteiger partial charge on any atom is -0.462 e. The molecule has 0 unspecified atom stereocenters. The first-order chi connectivity index (χ1) is 16.2. The second kappa shape index (κ2) is 9.24. The Bertz CT molecular complexity index is 1220. The van der Waals surface area contributed by atoms with E-state index in [-0.39, 0.29) is 5.97 Å². The van der Waals surface area contributed by atoms with Crippen LogP contribution in [0.3, 0.4) is 0 Å².